The van der Waals surface area contributed by atoms with Crippen LogP contribution in [0.4, 0.5) is 0 Å². The summed E-state index contributed by atoms with van der Waals surface area (Å²) in [6, 6.07) is 4.95. The van der Waals surface area contributed by atoms with Crippen LogP contribution in [0.15, 0.2) is 41.9 Å². The first-order chi connectivity index (χ1) is 8.72. The summed E-state index contributed by atoms with van der Waals surface area (Å²) in [5.74, 6) is 0.538. The van der Waals surface area contributed by atoms with Crippen LogP contribution in [-0.4, -0.2) is 21.0 Å². The van der Waals surface area contributed by atoms with Gasteiger partial charge in [-0.2, -0.15) is 0 Å². The van der Waals surface area contributed by atoms with Gasteiger partial charge in [-0.15, -0.1) is 0 Å². The monoisotopic (exact) mass is 264 g/mol. The molecule has 0 saturated heterocycles. The van der Waals surface area contributed by atoms with E-state index >= 15 is 0 Å². The van der Waals surface area contributed by atoms with E-state index in [4.69, 9.17) is 27.3 Å². The molecule has 0 aliphatic rings. The first-order valence-corrected chi connectivity index (χ1v) is 5.30. The Bertz CT molecular complexity index is 575. The summed E-state index contributed by atoms with van der Waals surface area (Å²) in [4.78, 5) is 7.88. The number of nitrogens with zero attached hydrogens (tertiary/aromatic N) is 3. The number of amidine groups is 1. The molecule has 0 unspecified atom stereocenters. The second-order valence-electron chi connectivity index (χ2n) is 3.25. The van der Waals surface area contributed by atoms with Gasteiger partial charge in [0.25, 0.3) is 0 Å². The van der Waals surface area contributed by atoms with Crippen LogP contribution in [0.1, 0.15) is 5.56 Å². The predicted molar refractivity (Wildman–Crippen MR) is 66.1 cm³/mol. The molecule has 7 heteroatoms. The number of pyridine rings is 2. The lowest BCUT2D eigenvalue weighted by atomic mass is 10.2. The number of rotatable bonds is 3. The lowest BCUT2D eigenvalue weighted by Gasteiger charge is -2.08. The lowest BCUT2D eigenvalue weighted by molar-refractivity contribution is 0.318. The molecular formula is C11H9ClN4O2. The Balaban J connectivity index is 2.35. The van der Waals surface area contributed by atoms with E-state index in [1.165, 1.54) is 18.5 Å². The van der Waals surface area contributed by atoms with Gasteiger partial charge in [-0.1, -0.05) is 16.8 Å². The first kappa shape index (κ1) is 12.1. The smallest absolute Gasteiger partial charge is 0.238 e. The Hall–Kier alpha value is -2.34. The van der Waals surface area contributed by atoms with Gasteiger partial charge < -0.3 is 15.7 Å². The fourth-order valence-corrected chi connectivity index (χ4v) is 1.51. The van der Waals surface area contributed by atoms with Crippen molar-refractivity contribution in [1.29, 1.82) is 0 Å². The second kappa shape index (κ2) is 5.33. The molecule has 2 aromatic rings. The third-order valence-corrected chi connectivity index (χ3v) is 2.46. The van der Waals surface area contributed by atoms with Gasteiger partial charge in [0.15, 0.2) is 5.84 Å². The SMILES string of the molecule is N/C(=N/O)c1ccnc(Oc2cccnc2)c1Cl. The Morgan fingerprint density at radius 1 is 1.39 bits per heavy atom. The topological polar surface area (TPSA) is 93.6 Å². The van der Waals surface area contributed by atoms with Crippen molar-refractivity contribution in [1.82, 2.24) is 9.97 Å². The fraction of sp³-hybridized carbons (Fsp3) is 0. The van der Waals surface area contributed by atoms with Gasteiger partial charge in [-0.05, 0) is 18.2 Å². The summed E-state index contributed by atoms with van der Waals surface area (Å²) in [7, 11) is 0. The average molecular weight is 265 g/mol. The maximum atomic E-state index is 8.63. The molecule has 0 bridgehead atoms. The second-order valence-corrected chi connectivity index (χ2v) is 3.63. The number of aromatic nitrogens is 2. The van der Waals surface area contributed by atoms with E-state index in [1.54, 1.807) is 18.3 Å². The Labute approximate surface area is 108 Å². The molecule has 3 N–H and O–H groups in total. The molecule has 2 rings (SSSR count). The normalized spacial score (nSPS) is 11.3. The number of hydrogen-bond donors (Lipinski definition) is 2. The van der Waals surface area contributed by atoms with Gasteiger partial charge in [0.05, 0.1) is 6.20 Å². The molecular weight excluding hydrogens is 256 g/mol. The zero-order valence-electron chi connectivity index (χ0n) is 9.12. The molecule has 2 heterocycles. The largest absolute Gasteiger partial charge is 0.436 e. The van der Waals surface area contributed by atoms with Crippen molar-refractivity contribution >= 4 is 17.4 Å². The summed E-state index contributed by atoms with van der Waals surface area (Å²) in [6.45, 7) is 0. The Morgan fingerprint density at radius 3 is 2.89 bits per heavy atom. The van der Waals surface area contributed by atoms with E-state index in [-0.39, 0.29) is 16.7 Å². The van der Waals surface area contributed by atoms with Crippen LogP contribution in [0.2, 0.25) is 5.02 Å². The summed E-state index contributed by atoms with van der Waals surface area (Å²) < 4.78 is 5.45. The van der Waals surface area contributed by atoms with Crippen molar-refractivity contribution in [3.8, 4) is 11.6 Å². The molecule has 0 saturated carbocycles. The van der Waals surface area contributed by atoms with Crippen molar-refractivity contribution in [2.24, 2.45) is 10.9 Å². The molecule has 18 heavy (non-hydrogen) atoms. The minimum atomic E-state index is -0.113. The summed E-state index contributed by atoms with van der Waals surface area (Å²) in [6.07, 6.45) is 4.59. The maximum Gasteiger partial charge on any atom is 0.238 e. The number of nitrogens with two attached hydrogens (primary N) is 1. The highest BCUT2D eigenvalue weighted by atomic mass is 35.5. The van der Waals surface area contributed by atoms with Gasteiger partial charge in [-0.3, -0.25) is 4.98 Å². The van der Waals surface area contributed by atoms with Gasteiger partial charge in [0.2, 0.25) is 5.88 Å². The van der Waals surface area contributed by atoms with Crippen molar-refractivity contribution in [3.05, 3.63) is 47.4 Å². The van der Waals surface area contributed by atoms with E-state index < -0.39 is 0 Å². The minimum absolute atomic E-state index is 0.113. The van der Waals surface area contributed by atoms with Gasteiger partial charge in [0.1, 0.15) is 10.8 Å². The van der Waals surface area contributed by atoms with E-state index in [0.717, 1.165) is 0 Å². The van der Waals surface area contributed by atoms with Crippen molar-refractivity contribution in [3.63, 3.8) is 0 Å². The number of ether oxygens (including phenoxy) is 1. The summed E-state index contributed by atoms with van der Waals surface area (Å²) >= 11 is 6.05. The molecule has 2 aromatic heterocycles. The maximum absolute atomic E-state index is 8.63. The molecule has 0 radical (unpaired) electrons. The van der Waals surface area contributed by atoms with Gasteiger partial charge >= 0.3 is 0 Å². The zero-order chi connectivity index (χ0) is 13.0. The molecule has 0 aliphatic carbocycles. The third kappa shape index (κ3) is 2.49. The third-order valence-electron chi connectivity index (χ3n) is 2.09. The highest BCUT2D eigenvalue weighted by Crippen LogP contribution is 2.29. The van der Waals surface area contributed by atoms with E-state index in [0.29, 0.717) is 11.3 Å². The zero-order valence-corrected chi connectivity index (χ0v) is 9.87. The molecule has 0 atom stereocenters. The standard InChI is InChI=1S/C11H9ClN4O2/c12-9-8(10(13)16-17)3-5-15-11(9)18-7-2-1-4-14-6-7/h1-6,17H,(H2,13,16). The lowest BCUT2D eigenvalue weighted by Crippen LogP contribution is -2.14. The van der Waals surface area contributed by atoms with Crippen LogP contribution < -0.4 is 10.5 Å². The Kier molecular flexibility index (Phi) is 3.59. The summed E-state index contributed by atoms with van der Waals surface area (Å²) in [5, 5.41) is 11.7. The fourth-order valence-electron chi connectivity index (χ4n) is 1.27. The van der Waals surface area contributed by atoms with E-state index in [9.17, 15) is 0 Å². The Morgan fingerprint density at radius 2 is 2.22 bits per heavy atom. The van der Waals surface area contributed by atoms with Crippen LogP contribution in [0.3, 0.4) is 0 Å². The average Bonchev–Trinajstić information content (AvgIpc) is 2.41. The number of halogens is 1. The van der Waals surface area contributed by atoms with Crippen molar-refractivity contribution < 1.29 is 9.94 Å². The van der Waals surface area contributed by atoms with E-state index in [1.807, 2.05) is 0 Å². The van der Waals surface area contributed by atoms with E-state index in [2.05, 4.69) is 15.1 Å². The molecule has 0 fully saturated rings. The molecule has 0 aliphatic heterocycles. The number of oxime groups is 1. The minimum Gasteiger partial charge on any atom is -0.436 e. The van der Waals surface area contributed by atoms with Crippen LogP contribution >= 0.6 is 11.6 Å². The molecule has 0 spiro atoms. The molecule has 92 valence electrons. The van der Waals surface area contributed by atoms with Gasteiger partial charge in [-0.25, -0.2) is 4.98 Å². The van der Waals surface area contributed by atoms with Crippen LogP contribution in [0, 0.1) is 0 Å². The van der Waals surface area contributed by atoms with Crippen LogP contribution in [0.25, 0.3) is 0 Å². The van der Waals surface area contributed by atoms with Crippen LogP contribution in [0.5, 0.6) is 11.6 Å². The summed E-state index contributed by atoms with van der Waals surface area (Å²) in [5.41, 5.74) is 5.82. The molecule has 0 amide bonds. The van der Waals surface area contributed by atoms with Crippen molar-refractivity contribution in [2.75, 3.05) is 0 Å². The van der Waals surface area contributed by atoms with Gasteiger partial charge in [0, 0.05) is 18.0 Å². The predicted octanol–water partition coefficient (Wildman–Crippen LogP) is 2.02. The van der Waals surface area contributed by atoms with Crippen molar-refractivity contribution in [2.45, 2.75) is 0 Å². The number of hydrogen-bond acceptors (Lipinski definition) is 5. The highest BCUT2D eigenvalue weighted by molar-refractivity contribution is 6.35. The first-order valence-electron chi connectivity index (χ1n) is 4.92. The quantitative estimate of drug-likeness (QED) is 0.383. The molecule has 0 aromatic carbocycles. The highest BCUT2D eigenvalue weighted by Gasteiger charge is 2.12. The van der Waals surface area contributed by atoms with Crippen LogP contribution in [-0.2, 0) is 0 Å². The molecule has 6 nitrogen and oxygen atoms in total.